The molecule has 2 aromatic heterocycles. The average molecular weight is 458 g/mol. The normalized spacial score (nSPS) is 10.7. The third-order valence-corrected chi connectivity index (χ3v) is 4.23. The molecule has 0 unspecified atom stereocenters. The minimum Gasteiger partial charge on any atom is -0.437 e. The van der Waals surface area contributed by atoms with Gasteiger partial charge in [0.2, 0.25) is 5.69 Å². The number of nitrogens with one attached hydrogen (secondary N) is 1. The second kappa shape index (κ2) is 7.08. The smallest absolute Gasteiger partial charge is 0.374 e. The predicted molar refractivity (Wildman–Crippen MR) is 103 cm³/mol. The van der Waals surface area contributed by atoms with Crippen LogP contribution in [-0.2, 0) is 3.07 Å². The monoisotopic (exact) mass is 458 g/mol. The van der Waals surface area contributed by atoms with Crippen LogP contribution in [0.2, 0.25) is 0 Å². The molecule has 4 aromatic rings. The molecular weight excluding hydrogens is 447 g/mol. The van der Waals surface area contributed by atoms with E-state index in [1.54, 1.807) is 12.1 Å². The van der Waals surface area contributed by atoms with E-state index >= 15 is 0 Å². The van der Waals surface area contributed by atoms with E-state index in [1.807, 2.05) is 42.7 Å². The number of aromatic amines is 1. The molecule has 0 amide bonds. The van der Waals surface area contributed by atoms with Gasteiger partial charge in [-0.1, -0.05) is 41.6 Å². The van der Waals surface area contributed by atoms with Crippen molar-refractivity contribution in [3.05, 3.63) is 66.6 Å². The molecule has 0 radical (unpaired) electrons. The maximum atomic E-state index is 11.6. The van der Waals surface area contributed by atoms with Crippen LogP contribution < -0.4 is 4.74 Å². The summed E-state index contributed by atoms with van der Waals surface area (Å²) in [6.45, 7) is 0. The second-order valence-electron chi connectivity index (χ2n) is 5.39. The molecule has 7 nitrogen and oxygen atoms in total. The van der Waals surface area contributed by atoms with Gasteiger partial charge in [-0.25, -0.2) is 9.89 Å². The summed E-state index contributed by atoms with van der Waals surface area (Å²) in [5, 5.41) is 12.0. The summed E-state index contributed by atoms with van der Waals surface area (Å²) in [6.07, 6.45) is 3.68. The first-order valence-corrected chi connectivity index (χ1v) is 8.49. The topological polar surface area (TPSA) is 90.0 Å². The van der Waals surface area contributed by atoms with E-state index in [4.69, 9.17) is 4.74 Å². The molecule has 26 heavy (non-hydrogen) atoms. The Balaban J connectivity index is 1.63. The minimum absolute atomic E-state index is 0.0123. The average Bonchev–Trinajstić information content (AvgIpc) is 3.16. The molecule has 0 fully saturated rings. The number of H-pyrrole nitrogens is 1. The molecule has 0 aliphatic carbocycles. The Bertz CT molecular complexity index is 1070. The fourth-order valence-corrected chi connectivity index (χ4v) is 2.84. The molecular formula is C18H11IN4O3. The number of fused-ring (bicyclic) bond motifs is 1. The zero-order chi connectivity index (χ0) is 17.9. The number of halogens is 1. The molecule has 2 aromatic carbocycles. The van der Waals surface area contributed by atoms with Crippen LogP contribution in [0, 0.1) is 0 Å². The van der Waals surface area contributed by atoms with Crippen molar-refractivity contribution >= 4 is 39.7 Å². The Hall–Kier alpha value is -3.01. The van der Waals surface area contributed by atoms with Crippen LogP contribution in [0.1, 0.15) is 10.5 Å². The van der Waals surface area contributed by atoms with Crippen LogP contribution in [0.25, 0.3) is 21.9 Å². The van der Waals surface area contributed by atoms with Gasteiger partial charge in [0.1, 0.15) is 5.75 Å². The van der Waals surface area contributed by atoms with Crippen molar-refractivity contribution < 1.29 is 12.6 Å². The predicted octanol–water partition coefficient (Wildman–Crippen LogP) is 4.32. The molecule has 0 saturated carbocycles. The van der Waals surface area contributed by atoms with E-state index in [-0.39, 0.29) is 11.6 Å². The summed E-state index contributed by atoms with van der Waals surface area (Å²) in [4.78, 5) is 15.9. The minimum atomic E-state index is -0.632. The summed E-state index contributed by atoms with van der Waals surface area (Å²) in [7, 11) is 0. The Kier molecular flexibility index (Phi) is 4.48. The Labute approximate surface area is 162 Å². The molecule has 0 saturated heterocycles. The van der Waals surface area contributed by atoms with Gasteiger partial charge >= 0.3 is 5.97 Å². The maximum Gasteiger partial charge on any atom is 0.374 e. The summed E-state index contributed by atoms with van der Waals surface area (Å²) < 4.78 is 10.3. The van der Waals surface area contributed by atoms with Gasteiger partial charge in [-0.2, -0.15) is 0 Å². The fraction of sp³-hybridized carbons (Fsp3) is 0. The van der Waals surface area contributed by atoms with Gasteiger partial charge in [-0.15, -0.1) is 5.10 Å². The van der Waals surface area contributed by atoms with Crippen molar-refractivity contribution in [2.75, 3.05) is 0 Å². The first-order valence-electron chi connectivity index (χ1n) is 7.61. The lowest BCUT2D eigenvalue weighted by atomic mass is 10.0. The number of aromatic nitrogens is 4. The Morgan fingerprint density at radius 1 is 1.04 bits per heavy atom. The number of ether oxygens (including phenoxy) is 1. The third-order valence-electron chi connectivity index (χ3n) is 3.83. The van der Waals surface area contributed by atoms with Gasteiger partial charge in [0.05, 0.1) is 0 Å². The van der Waals surface area contributed by atoms with E-state index in [1.165, 1.54) is 23.0 Å². The highest BCUT2D eigenvalue weighted by atomic mass is 127. The van der Waals surface area contributed by atoms with Gasteiger partial charge in [0, 0.05) is 23.3 Å². The van der Waals surface area contributed by atoms with E-state index in [9.17, 15) is 4.79 Å². The number of hydrogen-bond donors (Lipinski definition) is 1. The molecule has 1 N–H and O–H groups in total. The highest BCUT2D eigenvalue weighted by molar-refractivity contribution is 14.1. The molecule has 128 valence electrons. The molecule has 0 aliphatic rings. The Morgan fingerprint density at radius 2 is 1.85 bits per heavy atom. The van der Waals surface area contributed by atoms with Gasteiger partial charge in [0.15, 0.2) is 23.0 Å². The number of rotatable bonds is 4. The zero-order valence-corrected chi connectivity index (χ0v) is 15.4. The number of carbonyl (C=O) groups is 1. The van der Waals surface area contributed by atoms with Gasteiger partial charge in [-0.05, 0) is 23.1 Å². The third kappa shape index (κ3) is 3.10. The van der Waals surface area contributed by atoms with Crippen molar-refractivity contribution in [1.82, 2.24) is 20.4 Å². The number of nitrogens with zero attached hydrogens (tertiary/aromatic N) is 3. The Morgan fingerprint density at radius 3 is 2.65 bits per heavy atom. The lowest BCUT2D eigenvalue weighted by Gasteiger charge is -2.08. The summed E-state index contributed by atoms with van der Waals surface area (Å²) >= 11 is 1.49. The lowest BCUT2D eigenvalue weighted by Crippen LogP contribution is -2.01. The molecule has 8 heteroatoms. The molecule has 0 spiro atoms. The molecule has 0 aliphatic heterocycles. The highest BCUT2D eigenvalue weighted by Crippen LogP contribution is 2.30. The number of carbonyl (C=O) groups excluding carboxylic acids is 1. The maximum absolute atomic E-state index is 11.6. The van der Waals surface area contributed by atoms with Crippen molar-refractivity contribution in [1.29, 1.82) is 0 Å². The number of hydrogen-bond acceptors (Lipinski definition) is 6. The molecule has 2 heterocycles. The molecule has 0 bridgehead atoms. The van der Waals surface area contributed by atoms with Gasteiger partial charge in [0.25, 0.3) is 5.88 Å². The van der Waals surface area contributed by atoms with Crippen LogP contribution in [0.4, 0.5) is 0 Å². The van der Waals surface area contributed by atoms with Crippen LogP contribution in [0.3, 0.4) is 0 Å². The van der Waals surface area contributed by atoms with E-state index in [0.717, 1.165) is 21.9 Å². The van der Waals surface area contributed by atoms with Crippen molar-refractivity contribution in [2.45, 2.75) is 0 Å². The van der Waals surface area contributed by atoms with Crippen molar-refractivity contribution in [3.8, 4) is 22.8 Å². The van der Waals surface area contributed by atoms with Gasteiger partial charge in [-0.3, -0.25) is 4.98 Å². The van der Waals surface area contributed by atoms with Crippen LogP contribution in [0.5, 0.6) is 11.6 Å². The largest absolute Gasteiger partial charge is 0.437 e. The van der Waals surface area contributed by atoms with Crippen LogP contribution >= 0.6 is 23.0 Å². The van der Waals surface area contributed by atoms with Crippen molar-refractivity contribution in [2.24, 2.45) is 0 Å². The van der Waals surface area contributed by atoms with Crippen LogP contribution in [0.15, 0.2) is 60.9 Å². The second-order valence-corrected chi connectivity index (χ2v) is 5.83. The molecule has 0 atom stereocenters. The standard InChI is InChI=1S/C18H11IN4O3/c19-26-18(24)16-17(22-23-21-16)25-13-7-5-11(6-8-13)15-10-20-9-12-3-1-2-4-14(12)15/h1-10H,(H,21,22,23). The van der Waals surface area contributed by atoms with E-state index in [2.05, 4.69) is 29.5 Å². The first-order chi connectivity index (χ1) is 12.8. The lowest BCUT2D eigenvalue weighted by molar-refractivity contribution is 0.0791. The number of benzene rings is 2. The highest BCUT2D eigenvalue weighted by Gasteiger charge is 2.19. The zero-order valence-electron chi connectivity index (χ0n) is 13.2. The van der Waals surface area contributed by atoms with Gasteiger partial charge < -0.3 is 7.80 Å². The number of pyridine rings is 1. The molecule has 4 rings (SSSR count). The van der Waals surface area contributed by atoms with E-state index < -0.39 is 5.97 Å². The summed E-state index contributed by atoms with van der Waals surface area (Å²) in [5.41, 5.74) is 2.03. The fourth-order valence-electron chi connectivity index (χ4n) is 2.63. The van der Waals surface area contributed by atoms with E-state index in [0.29, 0.717) is 5.75 Å². The quantitative estimate of drug-likeness (QED) is 0.459. The summed E-state index contributed by atoms with van der Waals surface area (Å²) in [5.74, 6) is 0.0366. The summed E-state index contributed by atoms with van der Waals surface area (Å²) in [6, 6.07) is 15.5. The van der Waals surface area contributed by atoms with Crippen molar-refractivity contribution in [3.63, 3.8) is 0 Å². The van der Waals surface area contributed by atoms with Crippen LogP contribution in [-0.4, -0.2) is 26.4 Å². The first kappa shape index (κ1) is 16.5. The SMILES string of the molecule is O=C(OI)c1nn[nH]c1Oc1ccc(-c2cncc3ccccc23)cc1.